The van der Waals surface area contributed by atoms with E-state index < -0.39 is 41.6 Å². The van der Waals surface area contributed by atoms with E-state index in [0.717, 1.165) is 23.3 Å². The first kappa shape index (κ1) is 25.6. The van der Waals surface area contributed by atoms with Crippen molar-refractivity contribution in [3.63, 3.8) is 0 Å². The van der Waals surface area contributed by atoms with E-state index in [1.807, 2.05) is 30.3 Å². The minimum absolute atomic E-state index is 0.0783. The first-order chi connectivity index (χ1) is 15.8. The zero-order valence-corrected chi connectivity index (χ0v) is 20.2. The molecule has 8 nitrogen and oxygen atoms in total. The SMILES string of the molecule is C[C@@H](C(=O)N1C(=O)OC[C@H]1Cc1ccccc1)[C@@H]1O[C@@](O)(CCCCCCO)C(Br)=CC1=O. The number of nitrogens with zero attached hydrogens (tertiary/aromatic N) is 1. The molecule has 2 aliphatic heterocycles. The summed E-state index contributed by atoms with van der Waals surface area (Å²) in [5.74, 6) is -3.77. The summed E-state index contributed by atoms with van der Waals surface area (Å²) in [6.45, 7) is 1.71. The van der Waals surface area contributed by atoms with E-state index in [1.54, 1.807) is 0 Å². The van der Waals surface area contributed by atoms with Crippen molar-refractivity contribution in [2.24, 2.45) is 5.92 Å². The van der Waals surface area contributed by atoms with Crippen molar-refractivity contribution >= 4 is 33.7 Å². The number of carbonyl (C=O) groups excluding carboxylic acids is 3. The molecule has 0 radical (unpaired) electrons. The minimum atomic E-state index is -1.73. The number of halogens is 1. The van der Waals surface area contributed by atoms with Crippen molar-refractivity contribution in [2.45, 2.75) is 63.4 Å². The number of unbranched alkanes of at least 4 members (excludes halogenated alkanes) is 3. The summed E-state index contributed by atoms with van der Waals surface area (Å²) in [7, 11) is 0. The van der Waals surface area contributed by atoms with Gasteiger partial charge in [0, 0.05) is 13.0 Å². The Kier molecular flexibility index (Phi) is 8.81. The lowest BCUT2D eigenvalue weighted by Crippen LogP contribution is -2.52. The number of ketones is 1. The summed E-state index contributed by atoms with van der Waals surface area (Å²) in [5, 5.41) is 19.9. The number of carbonyl (C=O) groups is 3. The molecule has 0 saturated carbocycles. The van der Waals surface area contributed by atoms with Gasteiger partial charge in [-0.05, 0) is 46.8 Å². The van der Waals surface area contributed by atoms with Crippen LogP contribution < -0.4 is 0 Å². The minimum Gasteiger partial charge on any atom is -0.447 e. The van der Waals surface area contributed by atoms with Crippen LogP contribution in [0.25, 0.3) is 0 Å². The monoisotopic (exact) mass is 523 g/mol. The second-order valence-electron chi connectivity index (χ2n) is 8.52. The van der Waals surface area contributed by atoms with Gasteiger partial charge in [0.05, 0.1) is 16.4 Å². The quantitative estimate of drug-likeness (QED) is 0.453. The normalized spacial score (nSPS) is 26.2. The van der Waals surface area contributed by atoms with Crippen LogP contribution in [0.1, 0.15) is 44.6 Å². The van der Waals surface area contributed by atoms with Gasteiger partial charge in [0.25, 0.3) is 0 Å². The Morgan fingerprint density at radius 1 is 1.21 bits per heavy atom. The number of ether oxygens (including phenoxy) is 2. The Hall–Kier alpha value is -2.07. The van der Waals surface area contributed by atoms with E-state index in [2.05, 4.69) is 15.9 Å². The van der Waals surface area contributed by atoms with Gasteiger partial charge in [0.2, 0.25) is 5.91 Å². The number of benzene rings is 1. The van der Waals surface area contributed by atoms with Crippen molar-refractivity contribution in [3.8, 4) is 0 Å². The van der Waals surface area contributed by atoms with Gasteiger partial charge in [0.1, 0.15) is 12.7 Å². The number of aliphatic hydroxyl groups excluding tert-OH is 1. The van der Waals surface area contributed by atoms with Crippen LogP contribution in [0, 0.1) is 5.92 Å². The second kappa shape index (κ2) is 11.4. The van der Waals surface area contributed by atoms with Gasteiger partial charge in [-0.1, -0.05) is 50.1 Å². The Bertz CT molecular complexity index is 890. The van der Waals surface area contributed by atoms with Crippen LogP contribution in [0.2, 0.25) is 0 Å². The molecule has 3 rings (SSSR count). The Morgan fingerprint density at radius 2 is 1.91 bits per heavy atom. The molecule has 0 unspecified atom stereocenters. The molecule has 2 aliphatic rings. The highest BCUT2D eigenvalue weighted by Gasteiger charge is 2.48. The van der Waals surface area contributed by atoms with Crippen molar-refractivity contribution in [1.82, 2.24) is 4.90 Å². The van der Waals surface area contributed by atoms with E-state index in [0.29, 0.717) is 19.3 Å². The summed E-state index contributed by atoms with van der Waals surface area (Å²) in [4.78, 5) is 39.4. The number of imide groups is 1. The summed E-state index contributed by atoms with van der Waals surface area (Å²) in [5.41, 5.74) is 0.957. The third-order valence-electron chi connectivity index (χ3n) is 6.02. The van der Waals surface area contributed by atoms with Crippen LogP contribution in [0.3, 0.4) is 0 Å². The average molecular weight is 524 g/mol. The summed E-state index contributed by atoms with van der Waals surface area (Å²) >= 11 is 3.23. The van der Waals surface area contributed by atoms with Crippen LogP contribution in [0.15, 0.2) is 40.9 Å². The average Bonchev–Trinajstić information content (AvgIpc) is 3.16. The summed E-state index contributed by atoms with van der Waals surface area (Å²) in [6, 6.07) is 8.98. The lowest BCUT2D eigenvalue weighted by Gasteiger charge is -2.37. The van der Waals surface area contributed by atoms with E-state index in [-0.39, 0.29) is 24.1 Å². The second-order valence-corrected chi connectivity index (χ2v) is 9.38. The number of cyclic esters (lactones) is 1. The molecule has 1 aromatic rings. The molecular formula is C24H30BrNO7. The Labute approximate surface area is 201 Å². The summed E-state index contributed by atoms with van der Waals surface area (Å²) in [6.07, 6.45) is 2.81. The lowest BCUT2D eigenvalue weighted by molar-refractivity contribution is -0.217. The fraction of sp³-hybridized carbons (Fsp3) is 0.542. The van der Waals surface area contributed by atoms with E-state index in [1.165, 1.54) is 13.0 Å². The van der Waals surface area contributed by atoms with Gasteiger partial charge in [-0.25, -0.2) is 9.69 Å². The van der Waals surface area contributed by atoms with Crippen LogP contribution in [0.5, 0.6) is 0 Å². The standard InChI is InChI=1S/C24H30BrNO7/c1-16(21-19(28)14-20(25)24(31,33-21)11-7-2-3-8-12-27)22(29)26-18(15-32-23(26)30)13-17-9-5-4-6-10-17/h4-6,9-10,14,16,18,21,27,31H,2-3,7-8,11-13,15H2,1H3/t16-,18-,21+,24+/m1/s1. The highest BCUT2D eigenvalue weighted by molar-refractivity contribution is 9.11. The Morgan fingerprint density at radius 3 is 2.61 bits per heavy atom. The number of amides is 2. The molecule has 0 bridgehead atoms. The van der Waals surface area contributed by atoms with Crippen LogP contribution in [0.4, 0.5) is 4.79 Å². The zero-order chi connectivity index (χ0) is 24.0. The van der Waals surface area contributed by atoms with Gasteiger partial charge in [-0.2, -0.15) is 0 Å². The fourth-order valence-electron chi connectivity index (χ4n) is 4.12. The van der Waals surface area contributed by atoms with Gasteiger partial charge < -0.3 is 19.7 Å². The number of aliphatic hydroxyl groups is 2. The fourth-order valence-corrected chi connectivity index (χ4v) is 4.63. The van der Waals surface area contributed by atoms with Gasteiger partial charge in [-0.3, -0.25) is 9.59 Å². The zero-order valence-electron chi connectivity index (χ0n) is 18.6. The van der Waals surface area contributed by atoms with Crippen molar-refractivity contribution in [3.05, 3.63) is 46.5 Å². The van der Waals surface area contributed by atoms with E-state index in [9.17, 15) is 19.5 Å². The van der Waals surface area contributed by atoms with Crippen molar-refractivity contribution in [1.29, 1.82) is 0 Å². The molecule has 1 aromatic carbocycles. The van der Waals surface area contributed by atoms with Crippen LogP contribution in [-0.4, -0.2) is 64.0 Å². The first-order valence-corrected chi connectivity index (χ1v) is 12.0. The van der Waals surface area contributed by atoms with Crippen molar-refractivity contribution < 1.29 is 34.1 Å². The molecule has 2 amide bonds. The maximum atomic E-state index is 13.3. The largest absolute Gasteiger partial charge is 0.447 e. The smallest absolute Gasteiger partial charge is 0.416 e. The number of hydrogen-bond donors (Lipinski definition) is 2. The molecule has 0 aromatic heterocycles. The number of hydrogen-bond acceptors (Lipinski definition) is 7. The van der Waals surface area contributed by atoms with Gasteiger partial charge in [-0.15, -0.1) is 0 Å². The molecule has 2 N–H and O–H groups in total. The molecule has 0 aliphatic carbocycles. The lowest BCUT2D eigenvalue weighted by atomic mass is 9.93. The molecule has 180 valence electrons. The molecule has 0 spiro atoms. The molecule has 33 heavy (non-hydrogen) atoms. The van der Waals surface area contributed by atoms with Crippen LogP contribution >= 0.6 is 15.9 Å². The predicted octanol–water partition coefficient (Wildman–Crippen LogP) is 3.09. The third-order valence-corrected chi connectivity index (χ3v) is 6.87. The predicted molar refractivity (Wildman–Crippen MR) is 123 cm³/mol. The van der Waals surface area contributed by atoms with Gasteiger partial charge in [0.15, 0.2) is 11.6 Å². The highest BCUT2D eigenvalue weighted by Crippen LogP contribution is 2.37. The molecule has 1 fully saturated rings. The molecular weight excluding hydrogens is 494 g/mol. The summed E-state index contributed by atoms with van der Waals surface area (Å²) < 4.78 is 11.1. The Balaban J connectivity index is 1.70. The number of rotatable bonds is 10. The molecule has 9 heteroatoms. The maximum Gasteiger partial charge on any atom is 0.416 e. The van der Waals surface area contributed by atoms with Crippen molar-refractivity contribution in [2.75, 3.05) is 13.2 Å². The van der Waals surface area contributed by atoms with Gasteiger partial charge >= 0.3 is 6.09 Å². The molecule has 4 atom stereocenters. The van der Waals surface area contributed by atoms with Crippen LogP contribution in [-0.2, 0) is 25.5 Å². The topological polar surface area (TPSA) is 113 Å². The highest BCUT2D eigenvalue weighted by atomic mass is 79.9. The van der Waals surface area contributed by atoms with E-state index >= 15 is 0 Å². The molecule has 1 saturated heterocycles. The van der Waals surface area contributed by atoms with E-state index in [4.69, 9.17) is 14.6 Å². The molecule has 2 heterocycles. The maximum absolute atomic E-state index is 13.3. The first-order valence-electron chi connectivity index (χ1n) is 11.2. The third kappa shape index (κ3) is 6.09.